The average molecular weight is 414 g/mol. The van der Waals surface area contributed by atoms with Crippen LogP contribution in [0.1, 0.15) is 33.4 Å². The summed E-state index contributed by atoms with van der Waals surface area (Å²) in [6.45, 7) is 0. The summed E-state index contributed by atoms with van der Waals surface area (Å²) in [5.41, 5.74) is 1.34. The van der Waals surface area contributed by atoms with Gasteiger partial charge in [0.15, 0.2) is 11.5 Å². The lowest BCUT2D eigenvalue weighted by Crippen LogP contribution is -2.43. The molecule has 0 unspecified atom stereocenters. The Morgan fingerprint density at radius 2 is 1.67 bits per heavy atom. The fourth-order valence-electron chi connectivity index (χ4n) is 3.73. The lowest BCUT2D eigenvalue weighted by Gasteiger charge is -2.39. The number of carbonyl (C=O) groups excluding carboxylic acids is 2. The Kier molecular flexibility index (Phi) is 5.81. The van der Waals surface area contributed by atoms with Crippen LogP contribution in [0, 0.1) is 0 Å². The number of para-hydroxylation sites is 1. The molecule has 3 rings (SSSR count). The van der Waals surface area contributed by atoms with E-state index < -0.39 is 24.0 Å². The molecule has 0 bridgehead atoms. The van der Waals surface area contributed by atoms with Crippen molar-refractivity contribution in [3.8, 4) is 11.5 Å². The summed E-state index contributed by atoms with van der Waals surface area (Å²) < 4.78 is 15.2. The van der Waals surface area contributed by atoms with E-state index in [4.69, 9.17) is 9.47 Å². The Balaban J connectivity index is 2.22. The molecule has 9 heteroatoms. The normalized spacial score (nSPS) is 17.7. The number of ether oxygens (including phenoxy) is 3. The molecular formula is C21H22N2O7. The lowest BCUT2D eigenvalue weighted by atomic mass is 9.79. The van der Waals surface area contributed by atoms with Gasteiger partial charge in [-0.05, 0) is 29.3 Å². The number of benzene rings is 2. The number of hydrogen-bond donors (Lipinski definition) is 2. The summed E-state index contributed by atoms with van der Waals surface area (Å²) in [7, 11) is 5.62. The van der Waals surface area contributed by atoms with Crippen LogP contribution in [0.2, 0.25) is 0 Å². The summed E-state index contributed by atoms with van der Waals surface area (Å²) in [6, 6.07) is 8.80. The van der Waals surface area contributed by atoms with Crippen LogP contribution in [-0.2, 0) is 9.53 Å². The van der Waals surface area contributed by atoms with Gasteiger partial charge in [0, 0.05) is 18.3 Å². The third kappa shape index (κ3) is 3.49. The van der Waals surface area contributed by atoms with Crippen molar-refractivity contribution < 1.29 is 33.7 Å². The molecular weight excluding hydrogens is 392 g/mol. The number of likely N-dealkylation sites (N-methyl/N-ethyl adjacent to an activating group) is 1. The van der Waals surface area contributed by atoms with E-state index in [9.17, 15) is 19.5 Å². The maximum Gasteiger partial charge on any atom is 0.411 e. The number of methoxy groups -OCH3 is 3. The summed E-state index contributed by atoms with van der Waals surface area (Å²) >= 11 is 0. The van der Waals surface area contributed by atoms with Crippen molar-refractivity contribution in [2.24, 2.45) is 0 Å². The van der Waals surface area contributed by atoms with Gasteiger partial charge in [-0.3, -0.25) is 14.9 Å². The topological polar surface area (TPSA) is 114 Å². The number of nitrogens with zero attached hydrogens (tertiary/aromatic N) is 1. The quantitative estimate of drug-likeness (QED) is 0.773. The van der Waals surface area contributed by atoms with Gasteiger partial charge >= 0.3 is 12.1 Å². The van der Waals surface area contributed by atoms with E-state index in [1.165, 1.54) is 45.4 Å². The fraction of sp³-hybridized carbons (Fsp3) is 0.286. The second-order valence-electron chi connectivity index (χ2n) is 6.68. The summed E-state index contributed by atoms with van der Waals surface area (Å²) in [6.07, 6.45) is -0.703. The van der Waals surface area contributed by atoms with E-state index in [0.29, 0.717) is 28.3 Å². The predicted octanol–water partition coefficient (Wildman–Crippen LogP) is 2.88. The number of rotatable bonds is 5. The summed E-state index contributed by atoms with van der Waals surface area (Å²) in [4.78, 5) is 38.6. The molecule has 2 N–H and O–H groups in total. The molecule has 30 heavy (non-hydrogen) atoms. The standard InChI is InChI=1S/C21H22N2O7/c1-23-18(11-7-5-6-8-14(11)22-21(27)30-4)17(20(25)26)12-9-15(28-2)16(29-3)10-13(12)19(23)24/h5-10,17-18H,1-4H3,(H,22,27)(H,25,26)/t17-,18-/m0/s1. The van der Waals surface area contributed by atoms with Crippen LogP contribution in [-0.4, -0.2) is 56.4 Å². The smallest absolute Gasteiger partial charge is 0.411 e. The van der Waals surface area contributed by atoms with Crippen molar-refractivity contribution in [2.75, 3.05) is 33.7 Å². The molecule has 0 saturated heterocycles. The maximum atomic E-state index is 13.2. The summed E-state index contributed by atoms with van der Waals surface area (Å²) in [5, 5.41) is 12.7. The van der Waals surface area contributed by atoms with Crippen LogP contribution in [0.15, 0.2) is 36.4 Å². The highest BCUT2D eigenvalue weighted by atomic mass is 16.5. The van der Waals surface area contributed by atoms with Crippen LogP contribution in [0.3, 0.4) is 0 Å². The Morgan fingerprint density at radius 3 is 2.27 bits per heavy atom. The first-order chi connectivity index (χ1) is 14.3. The van der Waals surface area contributed by atoms with Crippen LogP contribution in [0.4, 0.5) is 10.5 Å². The van der Waals surface area contributed by atoms with E-state index in [-0.39, 0.29) is 11.5 Å². The Bertz CT molecular complexity index is 1000. The number of carboxylic acid groups (broad SMARTS) is 1. The molecule has 0 fully saturated rings. The Morgan fingerprint density at radius 1 is 1.03 bits per heavy atom. The molecule has 1 aliphatic rings. The number of nitrogens with one attached hydrogen (secondary N) is 1. The molecule has 0 aromatic heterocycles. The van der Waals surface area contributed by atoms with Gasteiger partial charge in [-0.1, -0.05) is 18.2 Å². The molecule has 0 radical (unpaired) electrons. The molecule has 2 atom stereocenters. The molecule has 2 aromatic rings. The Hall–Kier alpha value is -3.75. The largest absolute Gasteiger partial charge is 0.493 e. The molecule has 158 valence electrons. The molecule has 0 saturated carbocycles. The third-order valence-corrected chi connectivity index (χ3v) is 5.14. The molecule has 1 aliphatic heterocycles. The van der Waals surface area contributed by atoms with Crippen LogP contribution >= 0.6 is 0 Å². The molecule has 0 aliphatic carbocycles. The van der Waals surface area contributed by atoms with Crippen molar-refractivity contribution in [3.05, 3.63) is 53.1 Å². The molecule has 1 heterocycles. The molecule has 9 nitrogen and oxygen atoms in total. The summed E-state index contributed by atoms with van der Waals surface area (Å²) in [5.74, 6) is -1.96. The minimum atomic E-state index is -1.12. The lowest BCUT2D eigenvalue weighted by molar-refractivity contribution is -0.140. The number of aliphatic carboxylic acids is 1. The van der Waals surface area contributed by atoms with Gasteiger partial charge in [0.1, 0.15) is 5.92 Å². The first kappa shape index (κ1) is 21.0. The molecule has 2 amide bonds. The van der Waals surface area contributed by atoms with Gasteiger partial charge in [0.05, 0.1) is 27.4 Å². The van der Waals surface area contributed by atoms with Gasteiger partial charge in [-0.25, -0.2) is 4.79 Å². The van der Waals surface area contributed by atoms with E-state index in [2.05, 4.69) is 10.1 Å². The number of anilines is 1. The molecule has 2 aromatic carbocycles. The van der Waals surface area contributed by atoms with Gasteiger partial charge in [0.2, 0.25) is 0 Å². The van der Waals surface area contributed by atoms with Gasteiger partial charge in [-0.2, -0.15) is 0 Å². The average Bonchev–Trinajstić information content (AvgIpc) is 2.75. The van der Waals surface area contributed by atoms with Crippen molar-refractivity contribution in [1.29, 1.82) is 0 Å². The van der Waals surface area contributed by atoms with Gasteiger partial charge < -0.3 is 24.2 Å². The second kappa shape index (κ2) is 8.32. The number of hydrogen-bond acceptors (Lipinski definition) is 6. The van der Waals surface area contributed by atoms with E-state index in [1.807, 2.05) is 0 Å². The predicted molar refractivity (Wildman–Crippen MR) is 107 cm³/mol. The Labute approximate surface area is 173 Å². The monoisotopic (exact) mass is 414 g/mol. The highest BCUT2D eigenvalue weighted by Crippen LogP contribution is 2.47. The van der Waals surface area contributed by atoms with E-state index in [1.54, 1.807) is 24.3 Å². The number of fused-ring (bicyclic) bond motifs is 1. The molecule has 0 spiro atoms. The minimum Gasteiger partial charge on any atom is -0.493 e. The van der Waals surface area contributed by atoms with Crippen LogP contribution in [0.5, 0.6) is 11.5 Å². The van der Waals surface area contributed by atoms with Gasteiger partial charge in [0.25, 0.3) is 5.91 Å². The van der Waals surface area contributed by atoms with Crippen LogP contribution < -0.4 is 14.8 Å². The number of carbonyl (C=O) groups is 3. The van der Waals surface area contributed by atoms with Crippen molar-refractivity contribution in [2.45, 2.75) is 12.0 Å². The van der Waals surface area contributed by atoms with Crippen molar-refractivity contribution in [1.82, 2.24) is 4.90 Å². The fourth-order valence-corrected chi connectivity index (χ4v) is 3.73. The highest BCUT2D eigenvalue weighted by molar-refractivity contribution is 6.01. The third-order valence-electron chi connectivity index (χ3n) is 5.14. The minimum absolute atomic E-state index is 0.220. The first-order valence-electron chi connectivity index (χ1n) is 9.03. The number of amides is 2. The van der Waals surface area contributed by atoms with Crippen molar-refractivity contribution in [3.63, 3.8) is 0 Å². The zero-order chi connectivity index (χ0) is 22.0. The van der Waals surface area contributed by atoms with Gasteiger partial charge in [-0.15, -0.1) is 0 Å². The van der Waals surface area contributed by atoms with Crippen LogP contribution in [0.25, 0.3) is 0 Å². The second-order valence-corrected chi connectivity index (χ2v) is 6.68. The number of carboxylic acids is 1. The SMILES string of the molecule is COC(=O)Nc1ccccc1[C@H]1[C@@H](C(=O)O)c2cc(OC)c(OC)cc2C(=O)N1C. The first-order valence-corrected chi connectivity index (χ1v) is 9.03. The maximum absolute atomic E-state index is 13.2. The van der Waals surface area contributed by atoms with Crippen molar-refractivity contribution >= 4 is 23.7 Å². The zero-order valence-corrected chi connectivity index (χ0v) is 17.0. The van der Waals surface area contributed by atoms with E-state index in [0.717, 1.165) is 0 Å². The highest BCUT2D eigenvalue weighted by Gasteiger charge is 2.44. The van der Waals surface area contributed by atoms with E-state index >= 15 is 0 Å². The zero-order valence-electron chi connectivity index (χ0n) is 17.0.